The number of para-hydroxylation sites is 1. The quantitative estimate of drug-likeness (QED) is 0.660. The maximum Gasteiger partial charge on any atom is 0.272 e. The lowest BCUT2D eigenvalue weighted by atomic mass is 9.81. The van der Waals surface area contributed by atoms with E-state index in [9.17, 15) is 14.3 Å². The van der Waals surface area contributed by atoms with Crippen LogP contribution in [0.4, 0.5) is 4.39 Å². The first-order valence-corrected chi connectivity index (χ1v) is 10.6. The molecular weight excluding hydrogens is 395 g/mol. The minimum Gasteiger partial charge on any atom is -0.486 e. The summed E-state index contributed by atoms with van der Waals surface area (Å²) >= 11 is 0. The number of hydrogen-bond donors (Lipinski definition) is 1. The highest BCUT2D eigenvalue weighted by Gasteiger charge is 2.45. The van der Waals surface area contributed by atoms with Gasteiger partial charge in [-0.1, -0.05) is 38.1 Å². The van der Waals surface area contributed by atoms with Gasteiger partial charge in [0.15, 0.2) is 0 Å². The molecule has 1 aliphatic rings. The number of likely N-dealkylation sites (tertiary alicyclic amines) is 1. The number of halogens is 1. The number of rotatable bonds is 5. The molecule has 5 nitrogen and oxygen atoms in total. The van der Waals surface area contributed by atoms with Crippen molar-refractivity contribution in [3.63, 3.8) is 0 Å². The molecule has 2 aromatic carbocycles. The minimum absolute atomic E-state index is 0.190. The maximum atomic E-state index is 13.3. The number of fused-ring (bicyclic) bond motifs is 1. The summed E-state index contributed by atoms with van der Waals surface area (Å²) < 4.78 is 19.4. The Labute approximate surface area is 181 Å². The highest BCUT2D eigenvalue weighted by molar-refractivity contribution is 5.95. The van der Waals surface area contributed by atoms with Crippen molar-refractivity contribution in [1.29, 1.82) is 0 Å². The van der Waals surface area contributed by atoms with Crippen LogP contribution in [-0.2, 0) is 0 Å². The second kappa shape index (κ2) is 8.63. The highest BCUT2D eigenvalue weighted by atomic mass is 19.1. The number of carbonyl (C=O) groups excluding carboxylic acids is 1. The standard InChI is InChI=1S/C25H27FN2O3/c1-17(2)15-25(30)13-14-28(16-23(25)31-20-10-8-19(26)9-11-20)24(29)22-12-7-18-5-3-4-6-21(18)27-22/h3-12,17,23,30H,13-16H2,1-2H3/t23-,25+/m0/s1. The maximum absolute atomic E-state index is 13.3. The van der Waals surface area contributed by atoms with Crippen molar-refractivity contribution >= 4 is 16.8 Å². The van der Waals surface area contributed by atoms with Crippen molar-refractivity contribution in [2.75, 3.05) is 13.1 Å². The number of hydrogen-bond acceptors (Lipinski definition) is 4. The van der Waals surface area contributed by atoms with Gasteiger partial charge in [0.1, 0.15) is 29.0 Å². The zero-order valence-electron chi connectivity index (χ0n) is 17.8. The molecule has 2 heterocycles. The van der Waals surface area contributed by atoms with Crippen molar-refractivity contribution in [2.45, 2.75) is 38.4 Å². The average Bonchev–Trinajstić information content (AvgIpc) is 2.75. The third-order valence-electron chi connectivity index (χ3n) is 5.76. The summed E-state index contributed by atoms with van der Waals surface area (Å²) in [7, 11) is 0. The summed E-state index contributed by atoms with van der Waals surface area (Å²) in [6.07, 6.45) is 0.324. The van der Waals surface area contributed by atoms with Crippen molar-refractivity contribution in [3.05, 3.63) is 72.2 Å². The van der Waals surface area contributed by atoms with E-state index < -0.39 is 11.7 Å². The molecule has 3 aromatic rings. The molecule has 31 heavy (non-hydrogen) atoms. The van der Waals surface area contributed by atoms with Crippen LogP contribution in [0.1, 0.15) is 37.2 Å². The third kappa shape index (κ3) is 4.69. The minimum atomic E-state index is -1.07. The van der Waals surface area contributed by atoms with E-state index in [0.717, 1.165) is 10.9 Å². The predicted molar refractivity (Wildman–Crippen MR) is 117 cm³/mol. The highest BCUT2D eigenvalue weighted by Crippen LogP contribution is 2.33. The molecule has 1 aromatic heterocycles. The molecule has 0 unspecified atom stereocenters. The number of aliphatic hydroxyl groups is 1. The fraction of sp³-hybridized carbons (Fsp3) is 0.360. The van der Waals surface area contributed by atoms with Crippen LogP contribution >= 0.6 is 0 Å². The Bertz CT molecular complexity index is 1070. The lowest BCUT2D eigenvalue weighted by Crippen LogP contribution is -2.59. The Hall–Kier alpha value is -2.99. The van der Waals surface area contributed by atoms with E-state index in [2.05, 4.69) is 4.98 Å². The Kier molecular flexibility index (Phi) is 5.92. The van der Waals surface area contributed by atoms with E-state index in [1.165, 1.54) is 24.3 Å². The first-order valence-electron chi connectivity index (χ1n) is 10.6. The van der Waals surface area contributed by atoms with Crippen LogP contribution in [0.15, 0.2) is 60.7 Å². The zero-order chi connectivity index (χ0) is 22.0. The van der Waals surface area contributed by atoms with Gasteiger partial charge in [-0.05, 0) is 55.2 Å². The molecule has 0 aliphatic carbocycles. The number of aromatic nitrogens is 1. The van der Waals surface area contributed by atoms with Crippen molar-refractivity contribution in [3.8, 4) is 5.75 Å². The zero-order valence-corrected chi connectivity index (χ0v) is 17.8. The van der Waals surface area contributed by atoms with Gasteiger partial charge in [0, 0.05) is 11.9 Å². The fourth-order valence-electron chi connectivity index (χ4n) is 4.25. The van der Waals surface area contributed by atoms with Crippen LogP contribution in [0.3, 0.4) is 0 Å². The Morgan fingerprint density at radius 2 is 1.94 bits per heavy atom. The molecular formula is C25H27FN2O3. The number of piperidine rings is 1. The predicted octanol–water partition coefficient (Wildman–Crippen LogP) is 4.44. The summed E-state index contributed by atoms with van der Waals surface area (Å²) in [6, 6.07) is 17.0. The normalized spacial score (nSPS) is 21.5. The van der Waals surface area contributed by atoms with Crippen LogP contribution in [0, 0.1) is 11.7 Å². The van der Waals surface area contributed by atoms with Gasteiger partial charge in [0.2, 0.25) is 0 Å². The van der Waals surface area contributed by atoms with Crippen LogP contribution in [-0.4, -0.2) is 45.7 Å². The molecule has 0 saturated carbocycles. The van der Waals surface area contributed by atoms with E-state index in [1.54, 1.807) is 11.0 Å². The van der Waals surface area contributed by atoms with Gasteiger partial charge in [-0.3, -0.25) is 4.79 Å². The van der Waals surface area contributed by atoms with Crippen LogP contribution in [0.5, 0.6) is 5.75 Å². The second-order valence-corrected chi connectivity index (χ2v) is 8.65. The summed E-state index contributed by atoms with van der Waals surface area (Å²) in [6.45, 7) is 4.74. The molecule has 1 amide bonds. The second-order valence-electron chi connectivity index (χ2n) is 8.65. The number of pyridine rings is 1. The van der Waals surface area contributed by atoms with E-state index in [4.69, 9.17) is 4.74 Å². The number of ether oxygens (including phenoxy) is 1. The van der Waals surface area contributed by atoms with E-state index in [-0.39, 0.29) is 24.2 Å². The van der Waals surface area contributed by atoms with E-state index in [0.29, 0.717) is 30.8 Å². The summed E-state index contributed by atoms with van der Waals surface area (Å²) in [4.78, 5) is 19.4. The van der Waals surface area contributed by atoms with Gasteiger partial charge in [-0.25, -0.2) is 9.37 Å². The third-order valence-corrected chi connectivity index (χ3v) is 5.76. The lowest BCUT2D eigenvalue weighted by molar-refractivity contribution is -0.111. The van der Waals surface area contributed by atoms with Crippen molar-refractivity contribution in [2.24, 2.45) is 5.92 Å². The van der Waals surface area contributed by atoms with Crippen LogP contribution in [0.25, 0.3) is 10.9 Å². The number of benzene rings is 2. The Morgan fingerprint density at radius 1 is 1.19 bits per heavy atom. The average molecular weight is 423 g/mol. The molecule has 1 aliphatic heterocycles. The molecule has 1 fully saturated rings. The van der Waals surface area contributed by atoms with E-state index in [1.807, 2.05) is 44.2 Å². The van der Waals surface area contributed by atoms with E-state index >= 15 is 0 Å². The van der Waals surface area contributed by atoms with Gasteiger partial charge >= 0.3 is 0 Å². The smallest absolute Gasteiger partial charge is 0.272 e. The van der Waals surface area contributed by atoms with Crippen molar-refractivity contribution < 1.29 is 19.0 Å². The summed E-state index contributed by atoms with van der Waals surface area (Å²) in [5.74, 6) is 0.179. The molecule has 4 rings (SSSR count). The molecule has 0 radical (unpaired) electrons. The largest absolute Gasteiger partial charge is 0.486 e. The van der Waals surface area contributed by atoms with Gasteiger partial charge < -0.3 is 14.7 Å². The first-order chi connectivity index (χ1) is 14.8. The van der Waals surface area contributed by atoms with Gasteiger partial charge in [0.05, 0.1) is 12.1 Å². The number of amides is 1. The molecule has 2 atom stereocenters. The number of nitrogens with zero attached hydrogens (tertiary/aromatic N) is 2. The van der Waals surface area contributed by atoms with Crippen molar-refractivity contribution in [1.82, 2.24) is 9.88 Å². The Morgan fingerprint density at radius 3 is 2.68 bits per heavy atom. The topological polar surface area (TPSA) is 62.7 Å². The van der Waals surface area contributed by atoms with Crippen LogP contribution in [0.2, 0.25) is 0 Å². The molecule has 0 bridgehead atoms. The molecule has 0 spiro atoms. The van der Waals surface area contributed by atoms with Gasteiger partial charge in [-0.2, -0.15) is 0 Å². The van der Waals surface area contributed by atoms with Crippen LogP contribution < -0.4 is 4.74 Å². The van der Waals surface area contributed by atoms with Gasteiger partial charge in [-0.15, -0.1) is 0 Å². The summed E-state index contributed by atoms with van der Waals surface area (Å²) in [5, 5.41) is 12.3. The summed E-state index contributed by atoms with van der Waals surface area (Å²) in [5.41, 5.74) is 0.0604. The monoisotopic (exact) mass is 422 g/mol. The molecule has 1 saturated heterocycles. The number of carbonyl (C=O) groups is 1. The lowest BCUT2D eigenvalue weighted by Gasteiger charge is -2.45. The molecule has 6 heteroatoms. The Balaban J connectivity index is 1.57. The molecule has 1 N–H and O–H groups in total. The first kappa shape index (κ1) is 21.2. The fourth-order valence-corrected chi connectivity index (χ4v) is 4.25. The molecule has 162 valence electrons. The SMILES string of the molecule is CC(C)C[C@]1(O)CCN(C(=O)c2ccc3ccccc3n2)C[C@@H]1Oc1ccc(F)cc1. The van der Waals surface area contributed by atoms with Gasteiger partial charge in [0.25, 0.3) is 5.91 Å².